The van der Waals surface area contributed by atoms with Crippen LogP contribution >= 0.6 is 11.3 Å². The summed E-state index contributed by atoms with van der Waals surface area (Å²) in [6.45, 7) is 3.34. The molecule has 0 aliphatic heterocycles. The fourth-order valence-corrected chi connectivity index (χ4v) is 2.47. The number of halogens is 1. The number of nitrogens with zero attached hydrogens (tertiary/aromatic N) is 1. The maximum atomic E-state index is 13.2. The third-order valence-electron chi connectivity index (χ3n) is 2.68. The van der Waals surface area contributed by atoms with Crippen molar-refractivity contribution in [3.8, 4) is 0 Å². The molecule has 5 heteroatoms. The summed E-state index contributed by atoms with van der Waals surface area (Å²) in [6, 6.07) is 4.86. The van der Waals surface area contributed by atoms with Gasteiger partial charge < -0.3 is 11.1 Å². The summed E-state index contributed by atoms with van der Waals surface area (Å²) in [5.74, 6) is -0.364. The zero-order valence-corrected chi connectivity index (χ0v) is 11.1. The summed E-state index contributed by atoms with van der Waals surface area (Å²) < 4.78 is 13.2. The number of anilines is 1. The lowest BCUT2D eigenvalue weighted by molar-refractivity contribution is 0.625. The van der Waals surface area contributed by atoms with Gasteiger partial charge in [0.1, 0.15) is 10.8 Å². The molecule has 0 amide bonds. The van der Waals surface area contributed by atoms with Crippen LogP contribution < -0.4 is 11.1 Å². The molecule has 2 aromatic rings. The number of thiazole rings is 1. The van der Waals surface area contributed by atoms with Crippen LogP contribution in [0.1, 0.15) is 22.4 Å². The van der Waals surface area contributed by atoms with E-state index in [2.05, 4.69) is 17.2 Å². The first-order valence-electron chi connectivity index (χ1n) is 5.88. The molecule has 18 heavy (non-hydrogen) atoms. The molecule has 0 atom stereocenters. The minimum atomic E-state index is -0.364. The van der Waals surface area contributed by atoms with Crippen molar-refractivity contribution < 1.29 is 4.39 Å². The highest BCUT2D eigenvalue weighted by Gasteiger charge is 2.04. The van der Waals surface area contributed by atoms with Gasteiger partial charge in [0.15, 0.2) is 0 Å². The number of nitrogen functional groups attached to an aromatic ring is 1. The molecular weight excluding hydrogens is 249 g/mol. The van der Waals surface area contributed by atoms with Gasteiger partial charge >= 0.3 is 0 Å². The lowest BCUT2D eigenvalue weighted by Crippen LogP contribution is -2.14. The number of hydrogen-bond donors (Lipinski definition) is 2. The van der Waals surface area contributed by atoms with Crippen molar-refractivity contribution in [1.29, 1.82) is 0 Å². The van der Waals surface area contributed by atoms with Crippen molar-refractivity contribution in [2.45, 2.75) is 26.4 Å². The van der Waals surface area contributed by atoms with Crippen molar-refractivity contribution in [3.05, 3.63) is 45.7 Å². The van der Waals surface area contributed by atoms with Gasteiger partial charge in [-0.05, 0) is 18.1 Å². The van der Waals surface area contributed by atoms with Gasteiger partial charge in [-0.3, -0.25) is 0 Å². The second-order valence-electron chi connectivity index (χ2n) is 3.99. The van der Waals surface area contributed by atoms with E-state index in [0.29, 0.717) is 13.1 Å². The molecule has 3 N–H and O–H groups in total. The fraction of sp³-hybridized carbons (Fsp3) is 0.308. The maximum Gasteiger partial charge on any atom is 0.146 e. The molecule has 0 radical (unpaired) electrons. The average molecular weight is 265 g/mol. The summed E-state index contributed by atoms with van der Waals surface area (Å²) in [7, 11) is 0. The minimum absolute atomic E-state index is 0.221. The average Bonchev–Trinajstić information content (AvgIpc) is 2.82. The van der Waals surface area contributed by atoms with Crippen molar-refractivity contribution in [3.63, 3.8) is 0 Å². The molecule has 1 aromatic carbocycles. The Morgan fingerprint density at radius 3 is 2.94 bits per heavy atom. The van der Waals surface area contributed by atoms with E-state index in [1.54, 1.807) is 17.4 Å². The van der Waals surface area contributed by atoms with Crippen LogP contribution in [0.2, 0.25) is 0 Å². The largest absolute Gasteiger partial charge is 0.396 e. The molecule has 1 aromatic heterocycles. The minimum Gasteiger partial charge on any atom is -0.396 e. The van der Waals surface area contributed by atoms with E-state index in [-0.39, 0.29) is 11.5 Å². The Bertz CT molecular complexity index is 525. The Morgan fingerprint density at radius 2 is 2.22 bits per heavy atom. The van der Waals surface area contributed by atoms with Crippen LogP contribution in [0, 0.1) is 5.82 Å². The lowest BCUT2D eigenvalue weighted by atomic mass is 10.2. The molecule has 0 spiro atoms. The van der Waals surface area contributed by atoms with Crippen LogP contribution in [0.25, 0.3) is 0 Å². The van der Waals surface area contributed by atoms with Gasteiger partial charge in [-0.15, -0.1) is 11.3 Å². The first-order chi connectivity index (χ1) is 8.70. The first-order valence-corrected chi connectivity index (χ1v) is 6.69. The molecule has 3 nitrogen and oxygen atoms in total. The van der Waals surface area contributed by atoms with Gasteiger partial charge in [-0.25, -0.2) is 9.37 Å². The number of para-hydroxylation sites is 1. The molecule has 0 bridgehead atoms. The zero-order chi connectivity index (χ0) is 13.0. The van der Waals surface area contributed by atoms with Crippen LogP contribution in [-0.4, -0.2) is 4.98 Å². The zero-order valence-electron chi connectivity index (χ0n) is 10.2. The van der Waals surface area contributed by atoms with Crippen molar-refractivity contribution in [1.82, 2.24) is 10.3 Å². The molecule has 2 rings (SSSR count). The highest BCUT2D eigenvalue weighted by atomic mass is 32.1. The number of nitrogens with one attached hydrogen (secondary N) is 1. The SMILES string of the molecule is CCc1cnc(CNCc2cccc(F)c2N)s1. The third kappa shape index (κ3) is 3.05. The molecule has 0 unspecified atom stereocenters. The Labute approximate surface area is 110 Å². The summed E-state index contributed by atoms with van der Waals surface area (Å²) in [4.78, 5) is 5.58. The molecule has 0 fully saturated rings. The highest BCUT2D eigenvalue weighted by molar-refractivity contribution is 7.11. The Hall–Kier alpha value is -1.46. The van der Waals surface area contributed by atoms with Crippen LogP contribution in [0.3, 0.4) is 0 Å². The van der Waals surface area contributed by atoms with Gasteiger partial charge in [0.05, 0.1) is 5.69 Å². The summed E-state index contributed by atoms with van der Waals surface area (Å²) in [5, 5.41) is 4.27. The molecular formula is C13H16FN3S. The summed E-state index contributed by atoms with van der Waals surface area (Å²) in [6.07, 6.45) is 2.91. The van der Waals surface area contributed by atoms with Crippen molar-refractivity contribution in [2.75, 3.05) is 5.73 Å². The molecule has 0 saturated heterocycles. The second-order valence-corrected chi connectivity index (χ2v) is 5.19. The van der Waals surface area contributed by atoms with Crippen LogP contribution in [-0.2, 0) is 19.5 Å². The van der Waals surface area contributed by atoms with Crippen molar-refractivity contribution in [2.24, 2.45) is 0 Å². The van der Waals surface area contributed by atoms with Gasteiger partial charge in [-0.1, -0.05) is 19.1 Å². The van der Waals surface area contributed by atoms with E-state index >= 15 is 0 Å². The number of nitrogens with two attached hydrogens (primary N) is 1. The Morgan fingerprint density at radius 1 is 1.39 bits per heavy atom. The predicted molar refractivity (Wildman–Crippen MR) is 72.8 cm³/mol. The van der Waals surface area contributed by atoms with E-state index in [4.69, 9.17) is 5.73 Å². The van der Waals surface area contributed by atoms with Gasteiger partial charge in [0.25, 0.3) is 0 Å². The summed E-state index contributed by atoms with van der Waals surface area (Å²) in [5.41, 5.74) is 6.66. The second kappa shape index (κ2) is 5.93. The number of aromatic nitrogens is 1. The third-order valence-corrected chi connectivity index (χ3v) is 3.83. The van der Waals surface area contributed by atoms with Gasteiger partial charge in [0, 0.05) is 24.2 Å². The number of hydrogen-bond acceptors (Lipinski definition) is 4. The highest BCUT2D eigenvalue weighted by Crippen LogP contribution is 2.16. The normalized spacial score (nSPS) is 10.8. The van der Waals surface area contributed by atoms with Crippen molar-refractivity contribution >= 4 is 17.0 Å². The van der Waals surface area contributed by atoms with Crippen LogP contribution in [0.4, 0.5) is 10.1 Å². The predicted octanol–water partition coefficient (Wildman–Crippen LogP) is 2.72. The Kier molecular flexibility index (Phi) is 4.28. The standard InChI is InChI=1S/C13H16FN3S/c1-2-10-7-17-12(18-10)8-16-6-9-4-3-5-11(14)13(9)15/h3-5,7,16H,2,6,8,15H2,1H3. The van der Waals surface area contributed by atoms with E-state index in [0.717, 1.165) is 17.0 Å². The number of benzene rings is 1. The van der Waals surface area contributed by atoms with Gasteiger partial charge in [-0.2, -0.15) is 0 Å². The monoisotopic (exact) mass is 265 g/mol. The molecule has 0 aliphatic carbocycles. The first kappa shape index (κ1) is 13.0. The quantitative estimate of drug-likeness (QED) is 0.817. The van der Waals surface area contributed by atoms with Crippen LogP contribution in [0.15, 0.2) is 24.4 Å². The Balaban J connectivity index is 1.90. The van der Waals surface area contributed by atoms with E-state index < -0.39 is 0 Å². The maximum absolute atomic E-state index is 13.2. The fourth-order valence-electron chi connectivity index (χ4n) is 1.63. The van der Waals surface area contributed by atoms with Gasteiger partial charge in [0.2, 0.25) is 0 Å². The summed E-state index contributed by atoms with van der Waals surface area (Å²) >= 11 is 1.70. The number of aryl methyl sites for hydroxylation is 1. The van der Waals surface area contributed by atoms with E-state index in [1.807, 2.05) is 12.3 Å². The molecule has 0 aliphatic rings. The topological polar surface area (TPSA) is 50.9 Å². The van der Waals surface area contributed by atoms with Crippen LogP contribution in [0.5, 0.6) is 0 Å². The smallest absolute Gasteiger partial charge is 0.146 e. The lowest BCUT2D eigenvalue weighted by Gasteiger charge is -2.06. The molecule has 0 saturated carbocycles. The van der Waals surface area contributed by atoms with E-state index in [1.165, 1.54) is 10.9 Å². The van der Waals surface area contributed by atoms with E-state index in [9.17, 15) is 4.39 Å². The molecule has 1 heterocycles. The number of rotatable bonds is 5. The molecule has 96 valence electrons.